The first-order valence-corrected chi connectivity index (χ1v) is 6.73. The first kappa shape index (κ1) is 13.7. The summed E-state index contributed by atoms with van der Waals surface area (Å²) < 4.78 is 5.60. The molecule has 1 aromatic rings. The first-order valence-electron chi connectivity index (χ1n) is 5.97. The van der Waals surface area contributed by atoms with Gasteiger partial charge in [0.05, 0.1) is 5.02 Å². The molecule has 3 nitrogen and oxygen atoms in total. The Labute approximate surface area is 117 Å². The van der Waals surface area contributed by atoms with E-state index in [9.17, 15) is 4.79 Å². The summed E-state index contributed by atoms with van der Waals surface area (Å²) >= 11 is 11.9. The van der Waals surface area contributed by atoms with Crippen molar-refractivity contribution < 1.29 is 9.53 Å². The van der Waals surface area contributed by atoms with Gasteiger partial charge in [0.25, 0.3) is 0 Å². The number of ether oxygens (including phenoxy) is 1. The van der Waals surface area contributed by atoms with Crippen LogP contribution in [0.1, 0.15) is 12.8 Å². The van der Waals surface area contributed by atoms with Gasteiger partial charge in [0, 0.05) is 32.5 Å². The molecule has 18 heavy (non-hydrogen) atoms. The molecular formula is C13H15Cl2NO2. The molecule has 1 aliphatic heterocycles. The van der Waals surface area contributed by atoms with E-state index in [1.165, 1.54) is 0 Å². The maximum atomic E-state index is 11.1. The predicted octanol–water partition coefficient (Wildman–Crippen LogP) is 3.04. The van der Waals surface area contributed by atoms with Crippen LogP contribution in [0.5, 0.6) is 5.75 Å². The van der Waals surface area contributed by atoms with E-state index < -0.39 is 0 Å². The van der Waals surface area contributed by atoms with E-state index in [1.54, 1.807) is 12.1 Å². The van der Waals surface area contributed by atoms with E-state index in [2.05, 4.69) is 4.90 Å². The minimum Gasteiger partial charge on any atom is -0.491 e. The van der Waals surface area contributed by atoms with Crippen LogP contribution >= 0.6 is 23.2 Å². The second kappa shape index (κ2) is 6.41. The molecule has 0 aliphatic carbocycles. The summed E-state index contributed by atoms with van der Waals surface area (Å²) in [4.78, 5) is 13.3. The van der Waals surface area contributed by atoms with Crippen LogP contribution in [0.15, 0.2) is 18.2 Å². The highest BCUT2D eigenvalue weighted by molar-refractivity contribution is 6.42. The van der Waals surface area contributed by atoms with Crippen molar-refractivity contribution in [1.29, 1.82) is 0 Å². The summed E-state index contributed by atoms with van der Waals surface area (Å²) in [5, 5.41) is 0.950. The van der Waals surface area contributed by atoms with Crippen molar-refractivity contribution in [3.05, 3.63) is 28.2 Å². The zero-order valence-electron chi connectivity index (χ0n) is 9.99. The van der Waals surface area contributed by atoms with Gasteiger partial charge in [-0.1, -0.05) is 29.3 Å². The minimum absolute atomic E-state index is 0.352. The van der Waals surface area contributed by atoms with Crippen molar-refractivity contribution in [2.45, 2.75) is 12.8 Å². The standard InChI is InChI=1S/C13H15Cl2NO2/c14-11-2-1-3-12(13(11)15)18-9-8-16-6-4-10(17)5-7-16/h1-3H,4-9H2. The fourth-order valence-electron chi connectivity index (χ4n) is 1.91. The second-order valence-electron chi connectivity index (χ2n) is 4.28. The normalized spacial score (nSPS) is 16.9. The highest BCUT2D eigenvalue weighted by Crippen LogP contribution is 2.31. The molecule has 1 heterocycles. The second-order valence-corrected chi connectivity index (χ2v) is 5.07. The maximum absolute atomic E-state index is 11.1. The number of hydrogen-bond donors (Lipinski definition) is 0. The van der Waals surface area contributed by atoms with Gasteiger partial charge in [-0.05, 0) is 12.1 Å². The van der Waals surface area contributed by atoms with Crippen molar-refractivity contribution in [3.63, 3.8) is 0 Å². The van der Waals surface area contributed by atoms with Crippen molar-refractivity contribution in [2.24, 2.45) is 0 Å². The molecule has 2 rings (SSSR count). The van der Waals surface area contributed by atoms with Gasteiger partial charge >= 0.3 is 0 Å². The van der Waals surface area contributed by atoms with Gasteiger partial charge < -0.3 is 4.74 Å². The number of nitrogens with zero attached hydrogens (tertiary/aromatic N) is 1. The Balaban J connectivity index is 1.78. The van der Waals surface area contributed by atoms with Crippen molar-refractivity contribution >= 4 is 29.0 Å². The molecule has 1 fully saturated rings. The van der Waals surface area contributed by atoms with E-state index in [0.717, 1.165) is 19.6 Å². The predicted molar refractivity (Wildman–Crippen MR) is 72.6 cm³/mol. The number of rotatable bonds is 4. The number of ketones is 1. The van der Waals surface area contributed by atoms with Crippen molar-refractivity contribution in [1.82, 2.24) is 4.90 Å². The summed E-state index contributed by atoms with van der Waals surface area (Å²) in [6.07, 6.45) is 1.30. The molecule has 1 aromatic carbocycles. The van der Waals surface area contributed by atoms with E-state index in [4.69, 9.17) is 27.9 Å². The Kier molecular flexibility index (Phi) is 4.87. The lowest BCUT2D eigenvalue weighted by Gasteiger charge is -2.25. The zero-order chi connectivity index (χ0) is 13.0. The fourth-order valence-corrected chi connectivity index (χ4v) is 2.25. The van der Waals surface area contributed by atoms with Gasteiger partial charge in [-0.15, -0.1) is 0 Å². The zero-order valence-corrected chi connectivity index (χ0v) is 11.5. The Bertz CT molecular complexity index is 427. The average Bonchev–Trinajstić information content (AvgIpc) is 2.37. The number of carbonyl (C=O) groups is 1. The van der Waals surface area contributed by atoms with E-state index in [-0.39, 0.29) is 0 Å². The smallest absolute Gasteiger partial charge is 0.139 e. The van der Waals surface area contributed by atoms with Crippen LogP contribution in [0.25, 0.3) is 0 Å². The van der Waals surface area contributed by atoms with Gasteiger partial charge in [0.2, 0.25) is 0 Å². The molecule has 0 unspecified atom stereocenters. The lowest BCUT2D eigenvalue weighted by atomic mass is 10.1. The molecule has 1 saturated heterocycles. The molecule has 98 valence electrons. The summed E-state index contributed by atoms with van der Waals surface area (Å²) in [5.41, 5.74) is 0. The number of likely N-dealkylation sites (tertiary alicyclic amines) is 1. The Morgan fingerprint density at radius 1 is 1.22 bits per heavy atom. The van der Waals surface area contributed by atoms with Gasteiger partial charge in [-0.3, -0.25) is 9.69 Å². The van der Waals surface area contributed by atoms with Crippen LogP contribution in [0, 0.1) is 0 Å². The fraction of sp³-hybridized carbons (Fsp3) is 0.462. The number of carbonyl (C=O) groups excluding carboxylic acids is 1. The number of piperidine rings is 1. The number of benzene rings is 1. The Morgan fingerprint density at radius 3 is 2.67 bits per heavy atom. The highest BCUT2D eigenvalue weighted by atomic mass is 35.5. The molecule has 0 amide bonds. The van der Waals surface area contributed by atoms with E-state index in [0.29, 0.717) is 41.0 Å². The molecular weight excluding hydrogens is 273 g/mol. The molecule has 5 heteroatoms. The van der Waals surface area contributed by atoms with Crippen LogP contribution in [-0.4, -0.2) is 36.9 Å². The van der Waals surface area contributed by atoms with E-state index in [1.807, 2.05) is 6.07 Å². The highest BCUT2D eigenvalue weighted by Gasteiger charge is 2.15. The molecule has 0 aromatic heterocycles. The summed E-state index contributed by atoms with van der Waals surface area (Å²) in [6, 6.07) is 5.34. The molecule has 0 spiro atoms. The Hall–Kier alpha value is -0.770. The third-order valence-electron chi connectivity index (χ3n) is 2.99. The maximum Gasteiger partial charge on any atom is 0.139 e. The summed E-state index contributed by atoms with van der Waals surface area (Å²) in [7, 11) is 0. The third kappa shape index (κ3) is 3.61. The van der Waals surface area contributed by atoms with Crippen molar-refractivity contribution in [2.75, 3.05) is 26.2 Å². The molecule has 0 bridgehead atoms. The van der Waals surface area contributed by atoms with Gasteiger partial charge in [-0.2, -0.15) is 0 Å². The molecule has 0 saturated carbocycles. The van der Waals surface area contributed by atoms with E-state index >= 15 is 0 Å². The lowest BCUT2D eigenvalue weighted by Crippen LogP contribution is -2.36. The topological polar surface area (TPSA) is 29.5 Å². The summed E-state index contributed by atoms with van der Waals surface area (Å²) in [5.74, 6) is 0.960. The molecule has 1 aliphatic rings. The van der Waals surface area contributed by atoms with Crippen LogP contribution in [0.4, 0.5) is 0 Å². The van der Waals surface area contributed by atoms with Crippen LogP contribution in [0.3, 0.4) is 0 Å². The van der Waals surface area contributed by atoms with Gasteiger partial charge in [-0.25, -0.2) is 0 Å². The quantitative estimate of drug-likeness (QED) is 0.853. The van der Waals surface area contributed by atoms with Gasteiger partial charge in [0.1, 0.15) is 23.2 Å². The lowest BCUT2D eigenvalue weighted by molar-refractivity contribution is -0.121. The third-order valence-corrected chi connectivity index (χ3v) is 3.80. The van der Waals surface area contributed by atoms with Crippen LogP contribution in [-0.2, 0) is 4.79 Å². The number of Topliss-reactive ketones (excluding diaryl/α,β-unsaturated/α-hetero) is 1. The molecule has 0 atom stereocenters. The molecule has 0 radical (unpaired) electrons. The largest absolute Gasteiger partial charge is 0.491 e. The first-order chi connectivity index (χ1) is 8.66. The average molecular weight is 288 g/mol. The van der Waals surface area contributed by atoms with Crippen LogP contribution < -0.4 is 4.74 Å². The Morgan fingerprint density at radius 2 is 1.94 bits per heavy atom. The number of halogens is 2. The van der Waals surface area contributed by atoms with Gasteiger partial charge in [0.15, 0.2) is 0 Å². The monoisotopic (exact) mass is 287 g/mol. The SMILES string of the molecule is O=C1CCN(CCOc2cccc(Cl)c2Cl)CC1. The summed E-state index contributed by atoms with van der Waals surface area (Å²) in [6.45, 7) is 3.00. The van der Waals surface area contributed by atoms with Crippen LogP contribution in [0.2, 0.25) is 10.0 Å². The number of hydrogen-bond acceptors (Lipinski definition) is 3. The van der Waals surface area contributed by atoms with Crippen molar-refractivity contribution in [3.8, 4) is 5.75 Å². The minimum atomic E-state index is 0.352. The molecule has 0 N–H and O–H groups in total.